The van der Waals surface area contributed by atoms with E-state index in [9.17, 15) is 23.3 Å². The van der Waals surface area contributed by atoms with Crippen molar-refractivity contribution in [3.05, 3.63) is 90.4 Å². The van der Waals surface area contributed by atoms with E-state index >= 15 is 0 Å². The topological polar surface area (TPSA) is 119 Å². The maximum atomic E-state index is 13.1. The van der Waals surface area contributed by atoms with E-state index in [-0.39, 0.29) is 39.2 Å². The highest BCUT2D eigenvalue weighted by Gasteiger charge is 2.24. The first kappa shape index (κ1) is 26.7. The quantitative estimate of drug-likeness (QED) is 0.259. The number of hydrogen-bond donors (Lipinski definition) is 1. The molecule has 0 aliphatic carbocycles. The van der Waals surface area contributed by atoms with Crippen molar-refractivity contribution in [1.29, 1.82) is 0 Å². The van der Waals surface area contributed by atoms with Crippen LogP contribution in [0.2, 0.25) is 10.0 Å². The number of nitro groups is 1. The molecule has 0 aliphatic heterocycles. The average molecular weight is 603 g/mol. The number of carbonyl (C=O) groups excluding carboxylic acids is 1. The second kappa shape index (κ2) is 10.8. The number of ether oxygens (including phenoxy) is 1. The molecular weight excluding hydrogens is 585 g/mol. The minimum absolute atomic E-state index is 0.0636. The second-order valence-electron chi connectivity index (χ2n) is 7.29. The second-order valence-corrected chi connectivity index (χ2v) is 10.7. The molecule has 0 radical (unpaired) electrons. The average Bonchev–Trinajstić information content (AvgIpc) is 2.80. The molecule has 13 heteroatoms. The van der Waals surface area contributed by atoms with Crippen LogP contribution >= 0.6 is 39.1 Å². The Hall–Kier alpha value is -2.86. The predicted molar refractivity (Wildman–Crippen MR) is 137 cm³/mol. The van der Waals surface area contributed by atoms with E-state index in [1.54, 1.807) is 25.2 Å². The molecule has 35 heavy (non-hydrogen) atoms. The van der Waals surface area contributed by atoms with E-state index < -0.39 is 20.9 Å². The van der Waals surface area contributed by atoms with Crippen LogP contribution in [0.1, 0.15) is 15.9 Å². The Kier molecular flexibility index (Phi) is 8.26. The maximum absolute atomic E-state index is 13.1. The van der Waals surface area contributed by atoms with Gasteiger partial charge in [-0.3, -0.25) is 19.6 Å². The Balaban J connectivity index is 1.91. The summed E-state index contributed by atoms with van der Waals surface area (Å²) >= 11 is 15.7. The molecule has 0 atom stereocenters. The van der Waals surface area contributed by atoms with Crippen molar-refractivity contribution in [2.45, 2.75) is 11.4 Å². The molecular formula is C22H18BrCl2N3O6S. The lowest BCUT2D eigenvalue weighted by Gasteiger charge is -2.19. The highest BCUT2D eigenvalue weighted by atomic mass is 79.9. The fourth-order valence-corrected chi connectivity index (χ4v) is 5.45. The van der Waals surface area contributed by atoms with Gasteiger partial charge in [-0.05, 0) is 42.0 Å². The highest BCUT2D eigenvalue weighted by molar-refractivity contribution is 9.10. The zero-order chi connectivity index (χ0) is 25.9. The summed E-state index contributed by atoms with van der Waals surface area (Å²) in [7, 11) is -1.51. The molecule has 0 aromatic heterocycles. The van der Waals surface area contributed by atoms with Crippen LogP contribution in [0.3, 0.4) is 0 Å². The molecule has 0 saturated heterocycles. The number of halogens is 3. The van der Waals surface area contributed by atoms with Crippen molar-refractivity contribution < 1.29 is 22.9 Å². The normalized spacial score (nSPS) is 11.1. The van der Waals surface area contributed by atoms with Gasteiger partial charge in [0.2, 0.25) is 0 Å². The molecule has 0 spiro atoms. The van der Waals surface area contributed by atoms with Crippen LogP contribution in [0.25, 0.3) is 0 Å². The van der Waals surface area contributed by atoms with Crippen LogP contribution in [0.15, 0.2) is 64.0 Å². The number of hydrogen-bond acceptors (Lipinski definition) is 6. The minimum atomic E-state index is -4.35. The lowest BCUT2D eigenvalue weighted by atomic mass is 10.1. The fourth-order valence-electron chi connectivity index (χ4n) is 3.13. The molecule has 3 aromatic carbocycles. The number of sulfonamides is 1. The third-order valence-corrected chi connectivity index (χ3v) is 7.57. The largest absolute Gasteiger partial charge is 0.495 e. The Morgan fingerprint density at radius 1 is 1.11 bits per heavy atom. The fraction of sp³-hybridized carbons (Fsp3) is 0.136. The maximum Gasteiger partial charge on any atom is 0.271 e. The summed E-state index contributed by atoms with van der Waals surface area (Å²) in [5, 5.41) is 11.4. The molecule has 9 nitrogen and oxygen atoms in total. The molecule has 0 heterocycles. The number of non-ortho nitro benzene ring substituents is 1. The number of nitrogens with one attached hydrogen (secondary N) is 1. The summed E-state index contributed by atoms with van der Waals surface area (Å²) in [6.45, 7) is 0.179. The van der Waals surface area contributed by atoms with Crippen LogP contribution in [-0.2, 0) is 16.6 Å². The van der Waals surface area contributed by atoms with Gasteiger partial charge in [-0.2, -0.15) is 0 Å². The van der Waals surface area contributed by atoms with Crippen LogP contribution in [0.5, 0.6) is 5.75 Å². The zero-order valence-electron chi connectivity index (χ0n) is 18.3. The van der Waals surface area contributed by atoms with E-state index in [4.69, 9.17) is 27.9 Å². The molecule has 0 fully saturated rings. The smallest absolute Gasteiger partial charge is 0.271 e. The van der Waals surface area contributed by atoms with E-state index in [1.165, 1.54) is 36.3 Å². The number of anilines is 1. The van der Waals surface area contributed by atoms with Gasteiger partial charge in [0.1, 0.15) is 10.6 Å². The van der Waals surface area contributed by atoms with Crippen LogP contribution in [0.4, 0.5) is 11.4 Å². The number of nitro benzene ring substituents is 1. The Bertz CT molecular complexity index is 1420. The molecule has 3 rings (SSSR count). The summed E-state index contributed by atoms with van der Waals surface area (Å²) in [5.74, 6) is -0.404. The Labute approximate surface area is 219 Å². The number of benzene rings is 3. The van der Waals surface area contributed by atoms with Gasteiger partial charge in [0.05, 0.1) is 22.7 Å². The number of nitrogens with zero attached hydrogens (tertiary/aromatic N) is 2. The molecule has 184 valence electrons. The number of amides is 1. The summed E-state index contributed by atoms with van der Waals surface area (Å²) in [6.07, 6.45) is 0. The minimum Gasteiger partial charge on any atom is -0.495 e. The zero-order valence-corrected chi connectivity index (χ0v) is 22.2. The van der Waals surface area contributed by atoms with Crippen molar-refractivity contribution in [1.82, 2.24) is 4.90 Å². The van der Waals surface area contributed by atoms with Crippen molar-refractivity contribution in [2.24, 2.45) is 0 Å². The molecule has 3 aromatic rings. The third kappa shape index (κ3) is 6.23. The van der Waals surface area contributed by atoms with Gasteiger partial charge >= 0.3 is 0 Å². The molecule has 1 N–H and O–H groups in total. The van der Waals surface area contributed by atoms with Gasteiger partial charge in [-0.1, -0.05) is 45.2 Å². The summed E-state index contributed by atoms with van der Waals surface area (Å²) < 4.78 is 34.4. The van der Waals surface area contributed by atoms with Crippen LogP contribution in [0, 0.1) is 10.1 Å². The summed E-state index contributed by atoms with van der Waals surface area (Å²) in [4.78, 5) is 24.5. The van der Waals surface area contributed by atoms with E-state index in [2.05, 4.69) is 20.7 Å². The van der Waals surface area contributed by atoms with Gasteiger partial charge in [0.15, 0.2) is 0 Å². The van der Waals surface area contributed by atoms with E-state index in [0.29, 0.717) is 10.6 Å². The van der Waals surface area contributed by atoms with Crippen molar-refractivity contribution in [3.8, 4) is 5.75 Å². The van der Waals surface area contributed by atoms with Crippen molar-refractivity contribution in [3.63, 3.8) is 0 Å². The Morgan fingerprint density at radius 2 is 1.83 bits per heavy atom. The van der Waals surface area contributed by atoms with Gasteiger partial charge in [0.25, 0.3) is 21.6 Å². The summed E-state index contributed by atoms with van der Waals surface area (Å²) in [6, 6.07) is 12.5. The van der Waals surface area contributed by atoms with Crippen LogP contribution < -0.4 is 9.46 Å². The monoisotopic (exact) mass is 601 g/mol. The molecule has 0 saturated carbocycles. The van der Waals surface area contributed by atoms with Gasteiger partial charge in [-0.25, -0.2) is 8.42 Å². The van der Waals surface area contributed by atoms with E-state index in [0.717, 1.165) is 16.6 Å². The molecule has 0 aliphatic rings. The Morgan fingerprint density at radius 3 is 2.46 bits per heavy atom. The van der Waals surface area contributed by atoms with Crippen LogP contribution in [-0.4, -0.2) is 38.3 Å². The first-order valence-corrected chi connectivity index (χ1v) is 12.8. The molecule has 1 amide bonds. The third-order valence-electron chi connectivity index (χ3n) is 4.88. The van der Waals surface area contributed by atoms with Gasteiger partial charge in [-0.15, -0.1) is 0 Å². The van der Waals surface area contributed by atoms with Crippen molar-refractivity contribution in [2.75, 3.05) is 18.9 Å². The lowest BCUT2D eigenvalue weighted by Crippen LogP contribution is -2.26. The number of methoxy groups -OCH3 is 1. The van der Waals surface area contributed by atoms with Gasteiger partial charge < -0.3 is 9.64 Å². The number of carbonyl (C=O) groups is 1. The first-order chi connectivity index (χ1) is 16.4. The van der Waals surface area contributed by atoms with Crippen molar-refractivity contribution >= 4 is 66.4 Å². The van der Waals surface area contributed by atoms with E-state index in [1.807, 2.05) is 0 Å². The summed E-state index contributed by atoms with van der Waals surface area (Å²) in [5.41, 5.74) is 0.270. The standard InChI is InChI=1S/C22H18BrCl2N3O6S/c1-27(12-14-3-5-15(23)10-18(14)25)22(29)13-4-7-17(24)21(9-13)35(32,33)26-19-11-16(28(30)31)6-8-20(19)34-2/h3-11,26H,12H2,1-2H3. The lowest BCUT2D eigenvalue weighted by molar-refractivity contribution is -0.384. The first-order valence-electron chi connectivity index (χ1n) is 9.77. The SMILES string of the molecule is COc1ccc([N+](=O)[O-])cc1NS(=O)(=O)c1cc(C(=O)N(C)Cc2ccc(Br)cc2Cl)ccc1Cl. The van der Waals surface area contributed by atoms with Gasteiger partial charge in [0, 0.05) is 40.8 Å². The molecule has 0 unspecified atom stereocenters. The molecule has 0 bridgehead atoms. The highest BCUT2D eigenvalue weighted by Crippen LogP contribution is 2.33. The number of rotatable bonds is 8. The predicted octanol–water partition coefficient (Wildman–Crippen LogP) is 5.75.